The maximum absolute atomic E-state index is 13.1. The van der Waals surface area contributed by atoms with Crippen molar-refractivity contribution in [2.45, 2.75) is 6.54 Å². The maximum atomic E-state index is 13.1. The summed E-state index contributed by atoms with van der Waals surface area (Å²) in [6.45, 7) is 0.390. The highest BCUT2D eigenvalue weighted by atomic mass is 19.1. The molecule has 1 N–H and O–H groups in total. The summed E-state index contributed by atoms with van der Waals surface area (Å²) >= 11 is 0. The van der Waals surface area contributed by atoms with Crippen LogP contribution in [0.3, 0.4) is 0 Å². The van der Waals surface area contributed by atoms with Crippen LogP contribution in [0.25, 0.3) is 0 Å². The Kier molecular flexibility index (Phi) is 3.70. The van der Waals surface area contributed by atoms with Crippen molar-refractivity contribution < 1.29 is 14.3 Å². The fourth-order valence-corrected chi connectivity index (χ4v) is 1.63. The molecule has 1 aromatic carbocycles. The Morgan fingerprint density at radius 2 is 2.21 bits per heavy atom. The van der Waals surface area contributed by atoms with Crippen LogP contribution >= 0.6 is 0 Å². The van der Waals surface area contributed by atoms with E-state index in [9.17, 15) is 9.18 Å². The lowest BCUT2D eigenvalue weighted by Crippen LogP contribution is -2.20. The summed E-state index contributed by atoms with van der Waals surface area (Å²) in [5, 5.41) is 8.86. The van der Waals surface area contributed by atoms with Crippen LogP contribution < -0.4 is 4.90 Å². The first-order valence-electron chi connectivity index (χ1n) is 5.58. The molecule has 0 saturated carbocycles. The molecule has 0 aliphatic carbocycles. The van der Waals surface area contributed by atoms with Gasteiger partial charge in [-0.3, -0.25) is 0 Å². The number of hydrogen-bond acceptors (Lipinski definition) is 4. The number of halogens is 1. The van der Waals surface area contributed by atoms with E-state index in [1.165, 1.54) is 24.4 Å². The van der Waals surface area contributed by atoms with E-state index in [1.54, 1.807) is 24.1 Å². The van der Waals surface area contributed by atoms with Gasteiger partial charge in [-0.15, -0.1) is 0 Å². The van der Waals surface area contributed by atoms with Gasteiger partial charge in [-0.25, -0.2) is 19.2 Å². The van der Waals surface area contributed by atoms with Crippen molar-refractivity contribution in [3.05, 3.63) is 53.6 Å². The summed E-state index contributed by atoms with van der Waals surface area (Å²) in [7, 11) is 1.71. The van der Waals surface area contributed by atoms with Crippen LogP contribution in [0.5, 0.6) is 0 Å². The van der Waals surface area contributed by atoms with Gasteiger partial charge in [0.05, 0.1) is 0 Å². The van der Waals surface area contributed by atoms with Gasteiger partial charge in [0.1, 0.15) is 5.82 Å². The number of nitrogens with zero attached hydrogens (tertiary/aromatic N) is 3. The number of aromatic carboxylic acids is 1. The van der Waals surface area contributed by atoms with Crippen LogP contribution in [0, 0.1) is 5.82 Å². The number of benzene rings is 1. The Labute approximate surface area is 109 Å². The molecule has 0 fully saturated rings. The molecule has 1 aromatic heterocycles. The average Bonchev–Trinajstić information content (AvgIpc) is 2.39. The molecule has 0 atom stereocenters. The Bertz CT molecular complexity index is 604. The van der Waals surface area contributed by atoms with Crippen molar-refractivity contribution in [2.24, 2.45) is 0 Å². The molecule has 2 aromatic rings. The molecule has 6 heteroatoms. The van der Waals surface area contributed by atoms with Crippen molar-refractivity contribution >= 4 is 11.9 Å². The summed E-state index contributed by atoms with van der Waals surface area (Å²) < 4.78 is 13.1. The number of hydrogen-bond donors (Lipinski definition) is 1. The van der Waals surface area contributed by atoms with Crippen LogP contribution in [-0.4, -0.2) is 28.1 Å². The van der Waals surface area contributed by atoms with E-state index in [-0.39, 0.29) is 17.5 Å². The van der Waals surface area contributed by atoms with Crippen LogP contribution in [0.4, 0.5) is 10.3 Å². The zero-order chi connectivity index (χ0) is 13.8. The van der Waals surface area contributed by atoms with Gasteiger partial charge >= 0.3 is 5.97 Å². The molecule has 1 heterocycles. The average molecular weight is 261 g/mol. The van der Waals surface area contributed by atoms with Gasteiger partial charge < -0.3 is 10.0 Å². The van der Waals surface area contributed by atoms with E-state index in [2.05, 4.69) is 9.97 Å². The quantitative estimate of drug-likeness (QED) is 0.911. The van der Waals surface area contributed by atoms with Gasteiger partial charge in [0.2, 0.25) is 5.95 Å². The Balaban J connectivity index is 2.18. The monoisotopic (exact) mass is 261 g/mol. The highest BCUT2D eigenvalue weighted by Crippen LogP contribution is 2.11. The van der Waals surface area contributed by atoms with Gasteiger partial charge in [-0.2, -0.15) is 0 Å². The normalized spacial score (nSPS) is 10.2. The van der Waals surface area contributed by atoms with Crippen LogP contribution in [-0.2, 0) is 6.54 Å². The minimum absolute atomic E-state index is 0.0731. The third kappa shape index (κ3) is 3.25. The topological polar surface area (TPSA) is 66.3 Å². The number of carbonyl (C=O) groups is 1. The molecule has 0 saturated heterocycles. The van der Waals surface area contributed by atoms with E-state index in [0.717, 1.165) is 5.56 Å². The van der Waals surface area contributed by atoms with Crippen molar-refractivity contribution in [2.75, 3.05) is 11.9 Å². The lowest BCUT2D eigenvalue weighted by atomic mass is 10.2. The first-order chi connectivity index (χ1) is 9.06. The van der Waals surface area contributed by atoms with E-state index >= 15 is 0 Å². The molecule has 0 unspecified atom stereocenters. The summed E-state index contributed by atoms with van der Waals surface area (Å²) in [5.74, 6) is -1.14. The summed E-state index contributed by atoms with van der Waals surface area (Å²) in [6.07, 6.45) is 1.38. The zero-order valence-electron chi connectivity index (χ0n) is 10.2. The highest BCUT2D eigenvalue weighted by molar-refractivity contribution is 5.85. The molecule has 0 aliphatic rings. The molecule has 0 bridgehead atoms. The zero-order valence-corrected chi connectivity index (χ0v) is 10.2. The summed E-state index contributed by atoms with van der Waals surface area (Å²) in [4.78, 5) is 20.4. The minimum Gasteiger partial charge on any atom is -0.477 e. The fraction of sp³-hybridized carbons (Fsp3) is 0.154. The lowest BCUT2D eigenvalue weighted by Gasteiger charge is -2.17. The molecule has 19 heavy (non-hydrogen) atoms. The molecule has 0 aliphatic heterocycles. The van der Waals surface area contributed by atoms with Crippen molar-refractivity contribution in [1.82, 2.24) is 9.97 Å². The molecule has 98 valence electrons. The second kappa shape index (κ2) is 5.43. The molecular formula is C13H12FN3O2. The van der Waals surface area contributed by atoms with Crippen LogP contribution in [0.15, 0.2) is 36.5 Å². The molecule has 2 rings (SSSR count). The summed E-state index contributed by atoms with van der Waals surface area (Å²) in [6, 6.07) is 7.50. The van der Waals surface area contributed by atoms with Crippen molar-refractivity contribution in [3.63, 3.8) is 0 Å². The van der Waals surface area contributed by atoms with Gasteiger partial charge in [0, 0.05) is 19.8 Å². The number of carboxylic acids is 1. The molecule has 0 spiro atoms. The number of aromatic nitrogens is 2. The highest BCUT2D eigenvalue weighted by Gasteiger charge is 2.10. The van der Waals surface area contributed by atoms with E-state index in [0.29, 0.717) is 6.54 Å². The molecule has 0 amide bonds. The predicted octanol–water partition coefficient (Wildman–Crippen LogP) is 1.95. The molecule has 5 nitrogen and oxygen atoms in total. The lowest BCUT2D eigenvalue weighted by molar-refractivity contribution is 0.0690. The van der Waals surface area contributed by atoms with E-state index < -0.39 is 5.97 Å². The molecular weight excluding hydrogens is 249 g/mol. The van der Waals surface area contributed by atoms with Gasteiger partial charge in [-0.1, -0.05) is 12.1 Å². The standard InChI is InChI=1S/C13H12FN3O2/c1-17(8-9-3-2-4-10(14)7-9)13-15-6-5-11(16-13)12(18)19/h2-7H,8H2,1H3,(H,18,19). The first kappa shape index (κ1) is 12.9. The number of carboxylic acid groups (broad SMARTS) is 1. The number of anilines is 1. The van der Waals surface area contributed by atoms with Gasteiger partial charge in [0.25, 0.3) is 0 Å². The van der Waals surface area contributed by atoms with E-state index in [4.69, 9.17) is 5.11 Å². The predicted molar refractivity (Wildman–Crippen MR) is 67.5 cm³/mol. The second-order valence-electron chi connectivity index (χ2n) is 4.03. The van der Waals surface area contributed by atoms with Crippen LogP contribution in [0.2, 0.25) is 0 Å². The first-order valence-corrected chi connectivity index (χ1v) is 5.58. The Hall–Kier alpha value is -2.50. The fourth-order valence-electron chi connectivity index (χ4n) is 1.63. The van der Waals surface area contributed by atoms with Crippen LogP contribution in [0.1, 0.15) is 16.1 Å². The minimum atomic E-state index is -1.11. The SMILES string of the molecule is CN(Cc1cccc(F)c1)c1nccc(C(=O)O)n1. The third-order valence-corrected chi connectivity index (χ3v) is 2.51. The second-order valence-corrected chi connectivity index (χ2v) is 4.03. The maximum Gasteiger partial charge on any atom is 0.354 e. The molecule has 0 radical (unpaired) electrons. The Morgan fingerprint density at radius 1 is 1.42 bits per heavy atom. The van der Waals surface area contributed by atoms with Gasteiger partial charge in [0.15, 0.2) is 5.69 Å². The van der Waals surface area contributed by atoms with E-state index in [1.807, 2.05) is 0 Å². The smallest absolute Gasteiger partial charge is 0.354 e. The van der Waals surface area contributed by atoms with Crippen molar-refractivity contribution in [3.8, 4) is 0 Å². The largest absolute Gasteiger partial charge is 0.477 e. The van der Waals surface area contributed by atoms with Gasteiger partial charge in [-0.05, 0) is 23.8 Å². The number of rotatable bonds is 4. The summed E-state index contributed by atoms with van der Waals surface area (Å²) in [5.41, 5.74) is 0.683. The Morgan fingerprint density at radius 3 is 2.89 bits per heavy atom. The third-order valence-electron chi connectivity index (χ3n) is 2.51. The van der Waals surface area contributed by atoms with Crippen molar-refractivity contribution in [1.29, 1.82) is 0 Å².